The average molecular weight is 386 g/mol. The molecule has 9 heteroatoms. The molecule has 1 unspecified atom stereocenters. The van der Waals surface area contributed by atoms with Crippen molar-refractivity contribution in [2.45, 2.75) is 43.2 Å². The quantitative estimate of drug-likeness (QED) is 0.527. The van der Waals surface area contributed by atoms with Crippen molar-refractivity contribution in [1.82, 2.24) is 14.5 Å². The monoisotopic (exact) mass is 386 g/mol. The molecule has 0 amide bonds. The van der Waals surface area contributed by atoms with Gasteiger partial charge in [-0.2, -0.15) is 0 Å². The van der Waals surface area contributed by atoms with E-state index in [1.807, 2.05) is 0 Å². The number of nitrogens with two attached hydrogens (primary N) is 1. The van der Waals surface area contributed by atoms with Gasteiger partial charge in [0.15, 0.2) is 6.23 Å². The second-order valence-corrected chi connectivity index (χ2v) is 7.27. The van der Waals surface area contributed by atoms with E-state index in [0.717, 1.165) is 5.56 Å². The lowest BCUT2D eigenvalue weighted by Crippen LogP contribution is -2.35. The molecule has 3 heterocycles. The number of halogens is 1. The summed E-state index contributed by atoms with van der Waals surface area (Å²) in [4.78, 5) is 8.10. The van der Waals surface area contributed by atoms with Crippen molar-refractivity contribution in [1.29, 1.82) is 0 Å². The third-order valence-electron chi connectivity index (χ3n) is 5.65. The minimum Gasteiger partial charge on any atom is -0.387 e. The lowest BCUT2D eigenvalue weighted by molar-refractivity contribution is -0.0848. The zero-order valence-electron chi connectivity index (χ0n) is 14.7. The van der Waals surface area contributed by atoms with Gasteiger partial charge in [0, 0.05) is 12.6 Å². The normalized spacial score (nSPS) is 30.2. The van der Waals surface area contributed by atoms with Crippen molar-refractivity contribution < 1.29 is 24.4 Å². The molecule has 0 saturated carbocycles. The van der Waals surface area contributed by atoms with Gasteiger partial charge in [-0.15, -0.1) is 0 Å². The first-order valence-corrected chi connectivity index (χ1v) is 8.99. The van der Waals surface area contributed by atoms with Crippen molar-refractivity contribution in [3.63, 3.8) is 0 Å². The number of rotatable bonds is 3. The molecule has 2 aliphatic rings. The van der Waals surface area contributed by atoms with Crippen molar-refractivity contribution in [3.05, 3.63) is 53.5 Å². The predicted molar refractivity (Wildman–Crippen MR) is 96.8 cm³/mol. The highest BCUT2D eigenvalue weighted by Crippen LogP contribution is 2.41. The van der Waals surface area contributed by atoms with E-state index in [1.165, 1.54) is 6.33 Å². The lowest BCUT2D eigenvalue weighted by Gasteiger charge is -2.27. The summed E-state index contributed by atoms with van der Waals surface area (Å²) in [6.45, 7) is 0. The van der Waals surface area contributed by atoms with Gasteiger partial charge in [-0.1, -0.05) is 18.2 Å². The molecule has 0 radical (unpaired) electrons. The smallest absolute Gasteiger partial charge is 0.164 e. The fourth-order valence-electron chi connectivity index (χ4n) is 4.03. The van der Waals surface area contributed by atoms with Crippen molar-refractivity contribution in [2.24, 2.45) is 0 Å². The molecule has 1 aliphatic carbocycles. The number of ether oxygens (including phenoxy) is 1. The predicted octanol–water partition coefficient (Wildman–Crippen LogP) is 0.933. The van der Waals surface area contributed by atoms with Crippen LogP contribution in [0.4, 0.5) is 10.2 Å². The van der Waals surface area contributed by atoms with Gasteiger partial charge in [-0.25, -0.2) is 14.4 Å². The average Bonchev–Trinajstić information content (AvgIpc) is 3.23. The molecule has 8 nitrogen and oxygen atoms in total. The summed E-state index contributed by atoms with van der Waals surface area (Å²) in [6, 6.07) is 6.66. The first-order valence-electron chi connectivity index (χ1n) is 8.99. The summed E-state index contributed by atoms with van der Waals surface area (Å²) >= 11 is 0. The summed E-state index contributed by atoms with van der Waals surface area (Å²) < 4.78 is 20.8. The van der Waals surface area contributed by atoms with E-state index in [2.05, 4.69) is 9.97 Å². The fourth-order valence-corrected chi connectivity index (χ4v) is 4.03. The Hall–Kier alpha value is -2.59. The van der Waals surface area contributed by atoms with E-state index in [1.54, 1.807) is 35.0 Å². The van der Waals surface area contributed by atoms with Gasteiger partial charge in [0.2, 0.25) is 0 Å². The number of anilines is 1. The Morgan fingerprint density at radius 3 is 2.79 bits per heavy atom. The van der Waals surface area contributed by atoms with Crippen LogP contribution in [0.2, 0.25) is 0 Å². The maximum atomic E-state index is 13.4. The van der Waals surface area contributed by atoms with E-state index in [4.69, 9.17) is 10.5 Å². The van der Waals surface area contributed by atoms with Crippen LogP contribution in [0.15, 0.2) is 36.8 Å². The zero-order chi connectivity index (χ0) is 19.6. The summed E-state index contributed by atoms with van der Waals surface area (Å²) in [7, 11) is 0. The largest absolute Gasteiger partial charge is 0.387 e. The van der Waals surface area contributed by atoms with E-state index < -0.39 is 36.8 Å². The number of aromatic nitrogens is 3. The molecule has 28 heavy (non-hydrogen) atoms. The molecular weight excluding hydrogens is 367 g/mol. The molecule has 146 valence electrons. The fraction of sp³-hybridized carbons (Fsp3) is 0.368. The van der Waals surface area contributed by atoms with Crippen LogP contribution in [0.5, 0.6) is 0 Å². The third-order valence-corrected chi connectivity index (χ3v) is 5.65. The highest BCUT2D eigenvalue weighted by Gasteiger charge is 2.47. The lowest BCUT2D eigenvalue weighted by atomic mass is 9.84. The van der Waals surface area contributed by atoms with Crippen LogP contribution < -0.4 is 5.73 Å². The Labute approximate surface area is 159 Å². The van der Waals surface area contributed by atoms with E-state index in [9.17, 15) is 19.7 Å². The molecule has 5 rings (SSSR count). The topological polar surface area (TPSA) is 127 Å². The number of alkyl halides is 1. The summed E-state index contributed by atoms with van der Waals surface area (Å²) in [6.07, 6.45) is -3.51. The molecule has 1 saturated heterocycles. The highest BCUT2D eigenvalue weighted by molar-refractivity contribution is 5.86. The molecule has 2 aromatic heterocycles. The zero-order valence-corrected chi connectivity index (χ0v) is 14.7. The molecule has 1 fully saturated rings. The van der Waals surface area contributed by atoms with Gasteiger partial charge in [0.05, 0.1) is 5.39 Å². The Balaban J connectivity index is 1.44. The number of nitrogen functional groups attached to an aromatic ring is 1. The van der Waals surface area contributed by atoms with Gasteiger partial charge >= 0.3 is 0 Å². The van der Waals surface area contributed by atoms with Crippen LogP contribution in [0.25, 0.3) is 11.0 Å². The first kappa shape index (κ1) is 17.5. The second-order valence-electron chi connectivity index (χ2n) is 7.27. The van der Waals surface area contributed by atoms with Crippen LogP contribution in [0, 0.1) is 0 Å². The highest BCUT2D eigenvalue weighted by atomic mass is 19.1. The number of hydrogen-bond donors (Lipinski definition) is 4. The number of hydrogen-bond acceptors (Lipinski definition) is 7. The molecule has 1 aliphatic heterocycles. The van der Waals surface area contributed by atoms with Gasteiger partial charge in [0.25, 0.3) is 0 Å². The summed E-state index contributed by atoms with van der Waals surface area (Å²) in [5.41, 5.74) is 8.25. The van der Waals surface area contributed by atoms with Crippen LogP contribution in [0.1, 0.15) is 35.2 Å². The Morgan fingerprint density at radius 1 is 1.21 bits per heavy atom. The van der Waals surface area contributed by atoms with Crippen LogP contribution in [-0.4, -0.2) is 48.2 Å². The molecule has 1 aromatic carbocycles. The van der Waals surface area contributed by atoms with Gasteiger partial charge in [-0.3, -0.25) is 0 Å². The van der Waals surface area contributed by atoms with Crippen molar-refractivity contribution in [3.8, 4) is 0 Å². The van der Waals surface area contributed by atoms with Crippen molar-refractivity contribution >= 4 is 16.9 Å². The van der Waals surface area contributed by atoms with Gasteiger partial charge in [0.1, 0.15) is 48.4 Å². The third kappa shape index (κ3) is 2.44. The minimum absolute atomic E-state index is 0.293. The van der Waals surface area contributed by atoms with E-state index in [-0.39, 0.29) is 0 Å². The number of aliphatic hydroxyl groups excluding tert-OH is 3. The van der Waals surface area contributed by atoms with Gasteiger partial charge < -0.3 is 30.4 Å². The molecule has 0 bridgehead atoms. The molecular formula is C19H19FN4O4. The minimum atomic E-state index is -1.32. The van der Waals surface area contributed by atoms with E-state index >= 15 is 0 Å². The molecule has 5 N–H and O–H groups in total. The standard InChI is InChI=1S/C19H19FN4O4/c20-12-6-9-5-8(1-2-10(9)12)13(25)16-14(26)15(27)19(28-16)24-4-3-11-17(21)22-7-23-18(11)24/h1-5,7,12-16,19,25-27H,6H2,(H2,21,22,23)/t12?,13-,14+,15-,16-,19-/m1/s1. The SMILES string of the molecule is Nc1ncnc2c1ccn2[C@@H]1O[C@H]([C@H](O)c2ccc3c(c2)CC3F)[C@@H](O)[C@H]1O. The summed E-state index contributed by atoms with van der Waals surface area (Å²) in [5, 5.41) is 32.4. The first-order chi connectivity index (χ1) is 13.5. The van der Waals surface area contributed by atoms with Crippen LogP contribution >= 0.6 is 0 Å². The van der Waals surface area contributed by atoms with Crippen LogP contribution in [-0.2, 0) is 11.2 Å². The molecule has 3 aromatic rings. The Kier molecular flexibility index (Phi) is 3.88. The summed E-state index contributed by atoms with van der Waals surface area (Å²) in [5.74, 6) is 0.293. The number of fused-ring (bicyclic) bond motifs is 2. The van der Waals surface area contributed by atoms with Gasteiger partial charge in [-0.05, 0) is 22.8 Å². The number of benzene rings is 1. The number of aliphatic hydroxyl groups is 3. The van der Waals surface area contributed by atoms with Crippen LogP contribution in [0.3, 0.4) is 0 Å². The Morgan fingerprint density at radius 2 is 2.04 bits per heavy atom. The second kappa shape index (κ2) is 6.21. The number of nitrogens with zero attached hydrogens (tertiary/aromatic N) is 3. The Bertz CT molecular complexity index is 1060. The molecule has 0 spiro atoms. The van der Waals surface area contributed by atoms with E-state index in [0.29, 0.717) is 34.4 Å². The maximum absolute atomic E-state index is 13.4. The molecule has 6 atom stereocenters. The maximum Gasteiger partial charge on any atom is 0.164 e. The van der Waals surface area contributed by atoms with Crippen molar-refractivity contribution in [2.75, 3.05) is 5.73 Å².